The number of amides is 1. The van der Waals surface area contributed by atoms with Gasteiger partial charge in [-0.2, -0.15) is 0 Å². The Morgan fingerprint density at radius 3 is 2.57 bits per heavy atom. The van der Waals surface area contributed by atoms with Gasteiger partial charge in [0, 0.05) is 12.2 Å². The van der Waals surface area contributed by atoms with E-state index in [1.165, 1.54) is 0 Å². The molecule has 144 valence electrons. The third-order valence-corrected chi connectivity index (χ3v) is 4.88. The van der Waals surface area contributed by atoms with Gasteiger partial charge in [0.2, 0.25) is 0 Å². The lowest BCUT2D eigenvalue weighted by Gasteiger charge is -2.10. The van der Waals surface area contributed by atoms with Crippen molar-refractivity contribution in [1.29, 1.82) is 0 Å². The summed E-state index contributed by atoms with van der Waals surface area (Å²) in [5.41, 5.74) is 1.41. The van der Waals surface area contributed by atoms with Gasteiger partial charge in [-0.1, -0.05) is 41.4 Å². The molecule has 1 amide bonds. The molecule has 0 unspecified atom stereocenters. The lowest BCUT2D eigenvalue weighted by atomic mass is 10.2. The zero-order chi connectivity index (χ0) is 20.3. The molecular formula is C20H17Cl2N3O3. The smallest absolute Gasteiger partial charge is 0.279 e. The molecule has 0 fully saturated rings. The zero-order valence-electron chi connectivity index (χ0n) is 15.2. The second-order valence-electron chi connectivity index (χ2n) is 6.11. The van der Waals surface area contributed by atoms with Gasteiger partial charge >= 0.3 is 0 Å². The summed E-state index contributed by atoms with van der Waals surface area (Å²) in [4.78, 5) is 30.8. The highest BCUT2D eigenvalue weighted by Crippen LogP contribution is 2.34. The molecule has 2 N–H and O–H groups in total. The van der Waals surface area contributed by atoms with E-state index in [-0.39, 0.29) is 12.2 Å². The van der Waals surface area contributed by atoms with Crippen LogP contribution in [0.15, 0.2) is 47.3 Å². The summed E-state index contributed by atoms with van der Waals surface area (Å²) in [5, 5.41) is 3.44. The summed E-state index contributed by atoms with van der Waals surface area (Å²) in [6.07, 6.45) is 0. The van der Waals surface area contributed by atoms with Crippen LogP contribution in [0.3, 0.4) is 0 Å². The van der Waals surface area contributed by atoms with Crippen LogP contribution in [0.5, 0.6) is 11.5 Å². The normalized spacial score (nSPS) is 10.6. The molecule has 8 heteroatoms. The molecule has 3 rings (SSSR count). The predicted octanol–water partition coefficient (Wildman–Crippen LogP) is 4.42. The highest BCUT2D eigenvalue weighted by molar-refractivity contribution is 6.42. The average Bonchev–Trinajstić information content (AvgIpc) is 2.67. The number of benzene rings is 2. The van der Waals surface area contributed by atoms with Crippen molar-refractivity contribution in [2.45, 2.75) is 20.4 Å². The minimum atomic E-state index is -0.532. The van der Waals surface area contributed by atoms with Crippen LogP contribution in [0.25, 0.3) is 0 Å². The van der Waals surface area contributed by atoms with Crippen LogP contribution < -0.4 is 15.6 Å². The molecule has 6 nitrogen and oxygen atoms in total. The number of hydrogen-bond acceptors (Lipinski definition) is 4. The van der Waals surface area contributed by atoms with Crippen molar-refractivity contribution in [1.82, 2.24) is 15.3 Å². The van der Waals surface area contributed by atoms with Gasteiger partial charge in [0.1, 0.15) is 16.5 Å². The van der Waals surface area contributed by atoms with Gasteiger partial charge in [-0.3, -0.25) is 9.59 Å². The van der Waals surface area contributed by atoms with Crippen LogP contribution in [0.2, 0.25) is 10.0 Å². The maximum Gasteiger partial charge on any atom is 0.279 e. The number of ether oxygens (including phenoxy) is 1. The van der Waals surface area contributed by atoms with Crippen LogP contribution in [0.1, 0.15) is 27.4 Å². The number of carbonyl (C=O) groups is 1. The molecular weight excluding hydrogens is 401 g/mol. The van der Waals surface area contributed by atoms with Gasteiger partial charge in [-0.25, -0.2) is 4.98 Å². The minimum Gasteiger partial charge on any atom is -0.456 e. The van der Waals surface area contributed by atoms with E-state index in [4.69, 9.17) is 27.9 Å². The number of hydrogen-bond donors (Lipinski definition) is 2. The highest BCUT2D eigenvalue weighted by Gasteiger charge is 2.14. The summed E-state index contributed by atoms with van der Waals surface area (Å²) in [7, 11) is 0. The maximum absolute atomic E-state index is 12.2. The molecule has 0 spiro atoms. The Kier molecular flexibility index (Phi) is 6.02. The fourth-order valence-electron chi connectivity index (χ4n) is 2.41. The van der Waals surface area contributed by atoms with Crippen LogP contribution in [-0.4, -0.2) is 15.9 Å². The largest absolute Gasteiger partial charge is 0.456 e. The average molecular weight is 418 g/mol. The lowest BCUT2D eigenvalue weighted by molar-refractivity contribution is 0.0944. The van der Waals surface area contributed by atoms with Gasteiger partial charge in [0.15, 0.2) is 5.69 Å². The standard InChI is InChI=1S/C20H17Cl2N3O3/c1-11-12(2)25-20(27)18(24-11)19(26)23-10-13-6-8-14(9-7-13)28-16-5-3-4-15(21)17(16)22/h3-9H,10H2,1-2H3,(H,23,26)(H,25,27). The third-order valence-electron chi connectivity index (χ3n) is 4.07. The van der Waals surface area contributed by atoms with E-state index in [1.807, 2.05) is 0 Å². The summed E-state index contributed by atoms with van der Waals surface area (Å²) in [5.74, 6) is 0.497. The number of rotatable bonds is 5. The molecule has 0 aliphatic rings. The van der Waals surface area contributed by atoms with Crippen molar-refractivity contribution in [3.05, 3.63) is 85.5 Å². The molecule has 1 aromatic heterocycles. The van der Waals surface area contributed by atoms with Gasteiger partial charge in [0.25, 0.3) is 11.5 Å². The molecule has 2 aromatic carbocycles. The summed E-state index contributed by atoms with van der Waals surface area (Å²) in [6.45, 7) is 3.70. The molecule has 1 heterocycles. The van der Waals surface area contributed by atoms with Crippen molar-refractivity contribution in [3.63, 3.8) is 0 Å². The minimum absolute atomic E-state index is 0.154. The van der Waals surface area contributed by atoms with Gasteiger partial charge in [-0.15, -0.1) is 0 Å². The SMILES string of the molecule is Cc1nc(C(=O)NCc2ccc(Oc3cccc(Cl)c3Cl)cc2)c(=O)[nH]c1C. The Hall–Kier alpha value is -2.83. The highest BCUT2D eigenvalue weighted by atomic mass is 35.5. The number of H-pyrrole nitrogens is 1. The van der Waals surface area contributed by atoms with E-state index >= 15 is 0 Å². The maximum atomic E-state index is 12.2. The van der Waals surface area contributed by atoms with Gasteiger partial charge in [0.05, 0.1) is 10.7 Å². The van der Waals surface area contributed by atoms with E-state index < -0.39 is 11.5 Å². The Bertz CT molecular complexity index is 1080. The molecule has 0 bridgehead atoms. The molecule has 0 radical (unpaired) electrons. The quantitative estimate of drug-likeness (QED) is 0.643. The van der Waals surface area contributed by atoms with Crippen molar-refractivity contribution >= 4 is 29.1 Å². The van der Waals surface area contributed by atoms with Crippen LogP contribution in [0, 0.1) is 13.8 Å². The van der Waals surface area contributed by atoms with E-state index in [2.05, 4.69) is 15.3 Å². The number of carbonyl (C=O) groups excluding carboxylic acids is 1. The fourth-order valence-corrected chi connectivity index (χ4v) is 2.74. The van der Waals surface area contributed by atoms with E-state index in [0.717, 1.165) is 5.56 Å². The van der Waals surface area contributed by atoms with Crippen molar-refractivity contribution in [2.75, 3.05) is 0 Å². The molecule has 3 aromatic rings. The second-order valence-corrected chi connectivity index (χ2v) is 6.89. The van der Waals surface area contributed by atoms with E-state index in [1.54, 1.807) is 56.3 Å². The number of aromatic amines is 1. The Morgan fingerprint density at radius 1 is 1.14 bits per heavy atom. The second kappa shape index (κ2) is 8.46. The van der Waals surface area contributed by atoms with Crippen molar-refractivity contribution < 1.29 is 9.53 Å². The van der Waals surface area contributed by atoms with E-state index in [9.17, 15) is 9.59 Å². The zero-order valence-corrected chi connectivity index (χ0v) is 16.7. The van der Waals surface area contributed by atoms with Crippen LogP contribution in [0.4, 0.5) is 0 Å². The monoisotopic (exact) mass is 417 g/mol. The lowest BCUT2D eigenvalue weighted by Crippen LogP contribution is -2.31. The van der Waals surface area contributed by atoms with Gasteiger partial charge in [-0.05, 0) is 43.7 Å². The first-order valence-electron chi connectivity index (χ1n) is 8.41. The van der Waals surface area contributed by atoms with E-state index in [0.29, 0.717) is 32.9 Å². The number of nitrogens with one attached hydrogen (secondary N) is 2. The molecule has 0 saturated carbocycles. The first kappa shape index (κ1) is 19.9. The Morgan fingerprint density at radius 2 is 1.86 bits per heavy atom. The molecule has 0 aliphatic heterocycles. The fraction of sp³-hybridized carbons (Fsp3) is 0.150. The number of nitrogens with zero attached hydrogens (tertiary/aromatic N) is 1. The summed E-state index contributed by atoms with van der Waals surface area (Å²) >= 11 is 12.1. The molecule has 0 aliphatic carbocycles. The molecule has 0 atom stereocenters. The topological polar surface area (TPSA) is 84.1 Å². The number of aryl methyl sites for hydroxylation is 2. The third kappa shape index (κ3) is 4.52. The Balaban J connectivity index is 1.65. The summed E-state index contributed by atoms with van der Waals surface area (Å²) in [6, 6.07) is 12.2. The number of aromatic nitrogens is 2. The molecule has 28 heavy (non-hydrogen) atoms. The van der Waals surface area contributed by atoms with Gasteiger partial charge < -0.3 is 15.0 Å². The summed E-state index contributed by atoms with van der Waals surface area (Å²) < 4.78 is 5.72. The van der Waals surface area contributed by atoms with Crippen molar-refractivity contribution in [3.8, 4) is 11.5 Å². The first-order chi connectivity index (χ1) is 13.3. The van der Waals surface area contributed by atoms with Crippen molar-refractivity contribution in [2.24, 2.45) is 0 Å². The number of halogens is 2. The first-order valence-corrected chi connectivity index (χ1v) is 9.17. The predicted molar refractivity (Wildman–Crippen MR) is 108 cm³/mol. The van der Waals surface area contributed by atoms with Crippen LogP contribution >= 0.6 is 23.2 Å². The van der Waals surface area contributed by atoms with Crippen LogP contribution in [-0.2, 0) is 6.54 Å². The molecule has 0 saturated heterocycles. The Labute approximate surface area is 171 Å².